The number of anilines is 1. The molecule has 124 valence electrons. The van der Waals surface area contributed by atoms with Gasteiger partial charge in [0.15, 0.2) is 0 Å². The molecule has 0 saturated carbocycles. The molecule has 0 aliphatic heterocycles. The SMILES string of the molecule is CC(C)(C)OC(=O)Nc1cc(C=C(CC(=O)O)C(=O)O)ccn1. The quantitative estimate of drug-likeness (QED) is 0.710. The topological polar surface area (TPSA) is 126 Å². The minimum Gasteiger partial charge on any atom is -0.481 e. The fourth-order valence-corrected chi connectivity index (χ4v) is 1.57. The van der Waals surface area contributed by atoms with Crippen molar-refractivity contribution in [2.24, 2.45) is 0 Å². The van der Waals surface area contributed by atoms with Crippen LogP contribution in [-0.2, 0) is 14.3 Å². The zero-order valence-electron chi connectivity index (χ0n) is 13.0. The monoisotopic (exact) mass is 322 g/mol. The molecule has 23 heavy (non-hydrogen) atoms. The van der Waals surface area contributed by atoms with Gasteiger partial charge in [-0.15, -0.1) is 0 Å². The van der Waals surface area contributed by atoms with Crippen LogP contribution in [-0.4, -0.2) is 38.8 Å². The summed E-state index contributed by atoms with van der Waals surface area (Å²) in [5, 5.41) is 20.1. The molecule has 1 aromatic heterocycles. The number of amides is 1. The van der Waals surface area contributed by atoms with E-state index in [2.05, 4.69) is 10.3 Å². The normalized spacial score (nSPS) is 11.7. The molecule has 0 aliphatic carbocycles. The van der Waals surface area contributed by atoms with E-state index >= 15 is 0 Å². The second-order valence-electron chi connectivity index (χ2n) is 5.65. The first-order valence-electron chi connectivity index (χ1n) is 6.68. The molecule has 1 heterocycles. The molecule has 0 aromatic carbocycles. The second kappa shape index (κ2) is 7.39. The summed E-state index contributed by atoms with van der Waals surface area (Å²) >= 11 is 0. The Hall–Kier alpha value is -2.90. The largest absolute Gasteiger partial charge is 0.481 e. The molecule has 1 amide bonds. The van der Waals surface area contributed by atoms with Crippen LogP contribution in [0, 0.1) is 0 Å². The maximum absolute atomic E-state index is 11.7. The number of carbonyl (C=O) groups is 3. The molecule has 8 nitrogen and oxygen atoms in total. The van der Waals surface area contributed by atoms with Gasteiger partial charge in [-0.25, -0.2) is 14.6 Å². The van der Waals surface area contributed by atoms with Crippen molar-refractivity contribution < 1.29 is 29.3 Å². The molecule has 1 aromatic rings. The van der Waals surface area contributed by atoms with Crippen LogP contribution in [0.1, 0.15) is 32.8 Å². The number of nitrogens with one attached hydrogen (secondary N) is 1. The van der Waals surface area contributed by atoms with E-state index in [1.165, 1.54) is 24.4 Å². The van der Waals surface area contributed by atoms with E-state index in [1.54, 1.807) is 20.8 Å². The van der Waals surface area contributed by atoms with E-state index in [0.717, 1.165) is 0 Å². The molecule has 0 saturated heterocycles. The Bertz CT molecular complexity index is 646. The lowest BCUT2D eigenvalue weighted by molar-refractivity contribution is -0.139. The van der Waals surface area contributed by atoms with Crippen LogP contribution >= 0.6 is 0 Å². The molecule has 0 bridgehead atoms. The number of pyridine rings is 1. The fraction of sp³-hybridized carbons (Fsp3) is 0.333. The van der Waals surface area contributed by atoms with Crippen molar-refractivity contribution in [1.82, 2.24) is 4.98 Å². The zero-order valence-corrected chi connectivity index (χ0v) is 13.0. The van der Waals surface area contributed by atoms with Crippen LogP contribution in [0.25, 0.3) is 6.08 Å². The average Bonchev–Trinajstić information content (AvgIpc) is 2.35. The van der Waals surface area contributed by atoms with Gasteiger partial charge in [-0.1, -0.05) is 0 Å². The first kappa shape index (κ1) is 18.1. The number of carbonyl (C=O) groups excluding carboxylic acids is 1. The van der Waals surface area contributed by atoms with Gasteiger partial charge < -0.3 is 14.9 Å². The number of hydrogen-bond donors (Lipinski definition) is 3. The van der Waals surface area contributed by atoms with Gasteiger partial charge in [0, 0.05) is 11.8 Å². The number of rotatable bonds is 5. The Morgan fingerprint density at radius 1 is 1.30 bits per heavy atom. The highest BCUT2D eigenvalue weighted by molar-refractivity contribution is 5.96. The van der Waals surface area contributed by atoms with E-state index in [-0.39, 0.29) is 11.4 Å². The third-order valence-corrected chi connectivity index (χ3v) is 2.37. The molecule has 0 fully saturated rings. The molecule has 0 radical (unpaired) electrons. The van der Waals surface area contributed by atoms with Gasteiger partial charge in [0.05, 0.1) is 6.42 Å². The highest BCUT2D eigenvalue weighted by atomic mass is 16.6. The third-order valence-electron chi connectivity index (χ3n) is 2.37. The zero-order chi connectivity index (χ0) is 17.6. The lowest BCUT2D eigenvalue weighted by Crippen LogP contribution is -2.27. The van der Waals surface area contributed by atoms with Gasteiger partial charge >= 0.3 is 18.0 Å². The minimum atomic E-state index is -1.33. The highest BCUT2D eigenvalue weighted by Gasteiger charge is 2.17. The first-order chi connectivity index (χ1) is 10.6. The van der Waals surface area contributed by atoms with Gasteiger partial charge in [-0.3, -0.25) is 10.1 Å². The van der Waals surface area contributed by atoms with Crippen molar-refractivity contribution in [1.29, 1.82) is 0 Å². The number of aromatic nitrogens is 1. The van der Waals surface area contributed by atoms with Crippen LogP contribution in [0.2, 0.25) is 0 Å². The van der Waals surface area contributed by atoms with E-state index in [4.69, 9.17) is 14.9 Å². The molecule has 1 rings (SSSR count). The molecular formula is C15H18N2O6. The summed E-state index contributed by atoms with van der Waals surface area (Å²) in [5.74, 6) is -2.42. The Kier molecular flexibility index (Phi) is 5.83. The number of carboxylic acid groups (broad SMARTS) is 2. The summed E-state index contributed by atoms with van der Waals surface area (Å²) < 4.78 is 5.08. The van der Waals surface area contributed by atoms with Crippen LogP contribution in [0.5, 0.6) is 0 Å². The maximum atomic E-state index is 11.7. The predicted molar refractivity (Wildman–Crippen MR) is 82.0 cm³/mol. The standard InChI is InChI=1S/C15H18N2O6/c1-15(2,3)23-14(22)17-11-7-9(4-5-16-11)6-10(13(20)21)8-12(18)19/h4-7H,8H2,1-3H3,(H,18,19)(H,20,21)(H,16,17,22). The molecule has 0 atom stereocenters. The third kappa shape index (κ3) is 7.07. The van der Waals surface area contributed by atoms with Gasteiger partial charge in [0.1, 0.15) is 11.4 Å². The molecular weight excluding hydrogens is 304 g/mol. The van der Waals surface area contributed by atoms with Crippen molar-refractivity contribution in [2.75, 3.05) is 5.32 Å². The second-order valence-corrected chi connectivity index (χ2v) is 5.65. The number of ether oxygens (including phenoxy) is 1. The fourth-order valence-electron chi connectivity index (χ4n) is 1.57. The molecule has 0 spiro atoms. The summed E-state index contributed by atoms with van der Waals surface area (Å²) in [6.45, 7) is 5.14. The van der Waals surface area contributed by atoms with Crippen molar-refractivity contribution >= 4 is 29.9 Å². The van der Waals surface area contributed by atoms with Crippen molar-refractivity contribution in [2.45, 2.75) is 32.8 Å². The van der Waals surface area contributed by atoms with Crippen molar-refractivity contribution in [3.8, 4) is 0 Å². The first-order valence-corrected chi connectivity index (χ1v) is 6.68. The molecule has 3 N–H and O–H groups in total. The summed E-state index contributed by atoms with van der Waals surface area (Å²) in [6.07, 6.45) is 1.25. The summed E-state index contributed by atoms with van der Waals surface area (Å²) in [5.41, 5.74) is -0.559. The Morgan fingerprint density at radius 3 is 2.48 bits per heavy atom. The Morgan fingerprint density at radius 2 is 1.96 bits per heavy atom. The minimum absolute atomic E-state index is 0.160. The van der Waals surface area contributed by atoms with E-state index in [9.17, 15) is 14.4 Å². The van der Waals surface area contributed by atoms with Crippen LogP contribution < -0.4 is 5.32 Å². The molecule has 8 heteroatoms. The van der Waals surface area contributed by atoms with Gasteiger partial charge in [0.2, 0.25) is 0 Å². The van der Waals surface area contributed by atoms with Crippen LogP contribution in [0.4, 0.5) is 10.6 Å². The van der Waals surface area contributed by atoms with Crippen LogP contribution in [0.15, 0.2) is 23.9 Å². The van der Waals surface area contributed by atoms with Crippen LogP contribution in [0.3, 0.4) is 0 Å². The smallest absolute Gasteiger partial charge is 0.413 e. The van der Waals surface area contributed by atoms with E-state index < -0.39 is 30.1 Å². The summed E-state index contributed by atoms with van der Waals surface area (Å²) in [4.78, 5) is 37.3. The van der Waals surface area contributed by atoms with Gasteiger partial charge in [-0.2, -0.15) is 0 Å². The van der Waals surface area contributed by atoms with Crippen molar-refractivity contribution in [3.05, 3.63) is 29.5 Å². The van der Waals surface area contributed by atoms with E-state index in [0.29, 0.717) is 5.56 Å². The van der Waals surface area contributed by atoms with Gasteiger partial charge in [-0.05, 0) is 44.5 Å². The molecule has 0 aliphatic rings. The number of aliphatic carboxylic acids is 2. The Balaban J connectivity index is 2.93. The lowest BCUT2D eigenvalue weighted by Gasteiger charge is -2.19. The predicted octanol–water partition coefficient (Wildman–Crippen LogP) is 2.37. The average molecular weight is 322 g/mol. The number of nitrogens with zero attached hydrogens (tertiary/aromatic N) is 1. The maximum Gasteiger partial charge on any atom is 0.413 e. The summed E-state index contributed by atoms with van der Waals surface area (Å²) in [6, 6.07) is 2.90. The lowest BCUT2D eigenvalue weighted by atomic mass is 10.1. The highest BCUT2D eigenvalue weighted by Crippen LogP contribution is 2.15. The number of hydrogen-bond acceptors (Lipinski definition) is 5. The summed E-state index contributed by atoms with van der Waals surface area (Å²) in [7, 11) is 0. The number of carboxylic acids is 2. The van der Waals surface area contributed by atoms with E-state index in [1.807, 2.05) is 0 Å². The molecule has 0 unspecified atom stereocenters. The Labute approximate surface area is 132 Å². The van der Waals surface area contributed by atoms with Gasteiger partial charge in [0.25, 0.3) is 0 Å². The van der Waals surface area contributed by atoms with Crippen molar-refractivity contribution in [3.63, 3.8) is 0 Å².